The molecule has 0 fully saturated rings. The van der Waals surface area contributed by atoms with Crippen LogP contribution in [0.2, 0.25) is 0 Å². The molecule has 44 heavy (non-hydrogen) atoms. The minimum atomic E-state index is 0.649. The van der Waals surface area contributed by atoms with Crippen molar-refractivity contribution in [3.05, 3.63) is 140 Å². The molecule has 0 aliphatic rings. The van der Waals surface area contributed by atoms with Crippen molar-refractivity contribution in [1.29, 1.82) is 0 Å². The third-order valence-electron chi connectivity index (χ3n) is 8.94. The van der Waals surface area contributed by atoms with Crippen LogP contribution < -0.4 is 0 Å². The van der Waals surface area contributed by atoms with Gasteiger partial charge in [0, 0.05) is 32.5 Å². The topological polar surface area (TPSA) is 43.9 Å². The predicted molar refractivity (Wildman–Crippen MR) is 182 cm³/mol. The standard InChI is InChI=1S/C40H23N3O/c1-3-11-26-21-36-32(19-24(26)9-1)29-13-6-8-16-35(29)43(36)40-41-34-15-7-5-14-31(34)39(42-40)28-17-18-30-33-20-25-10-2-4-12-27(25)22-38(33)44-37(30)23-28/h1-23H. The van der Waals surface area contributed by atoms with E-state index in [0.29, 0.717) is 5.95 Å². The highest BCUT2D eigenvalue weighted by Crippen LogP contribution is 2.38. The number of benzene rings is 7. The lowest BCUT2D eigenvalue weighted by Gasteiger charge is -2.12. The summed E-state index contributed by atoms with van der Waals surface area (Å²) in [6.07, 6.45) is 0. The summed E-state index contributed by atoms with van der Waals surface area (Å²) in [4.78, 5) is 10.5. The van der Waals surface area contributed by atoms with Crippen LogP contribution in [0.4, 0.5) is 0 Å². The fourth-order valence-corrected chi connectivity index (χ4v) is 6.86. The summed E-state index contributed by atoms with van der Waals surface area (Å²) in [5, 5.41) is 10.4. The third-order valence-corrected chi connectivity index (χ3v) is 8.94. The average Bonchev–Trinajstić information content (AvgIpc) is 3.59. The first-order chi connectivity index (χ1) is 21.8. The zero-order valence-corrected chi connectivity index (χ0v) is 23.5. The van der Waals surface area contributed by atoms with Crippen molar-refractivity contribution in [2.45, 2.75) is 0 Å². The van der Waals surface area contributed by atoms with Crippen LogP contribution in [0.15, 0.2) is 144 Å². The molecule has 4 heteroatoms. The molecule has 204 valence electrons. The highest BCUT2D eigenvalue weighted by Gasteiger charge is 2.18. The van der Waals surface area contributed by atoms with Gasteiger partial charge in [0.25, 0.3) is 0 Å². The van der Waals surface area contributed by atoms with Crippen LogP contribution in [0.5, 0.6) is 0 Å². The van der Waals surface area contributed by atoms with Crippen LogP contribution in [-0.4, -0.2) is 14.5 Å². The van der Waals surface area contributed by atoms with Gasteiger partial charge < -0.3 is 4.42 Å². The van der Waals surface area contributed by atoms with E-state index in [4.69, 9.17) is 14.4 Å². The van der Waals surface area contributed by atoms with Crippen molar-refractivity contribution in [3.8, 4) is 17.2 Å². The molecule has 4 nitrogen and oxygen atoms in total. The second-order valence-electron chi connectivity index (χ2n) is 11.5. The minimum absolute atomic E-state index is 0.649. The van der Waals surface area contributed by atoms with E-state index in [1.807, 2.05) is 12.1 Å². The molecule has 0 radical (unpaired) electrons. The highest BCUT2D eigenvalue weighted by molar-refractivity contribution is 6.14. The van der Waals surface area contributed by atoms with E-state index in [2.05, 4.69) is 132 Å². The molecule has 0 amide bonds. The van der Waals surface area contributed by atoms with Crippen molar-refractivity contribution in [1.82, 2.24) is 14.5 Å². The Hall–Kier alpha value is -6.00. The molecular formula is C40H23N3O. The molecule has 0 bridgehead atoms. The summed E-state index contributed by atoms with van der Waals surface area (Å²) in [5.74, 6) is 0.649. The molecule has 0 unspecified atom stereocenters. The fraction of sp³-hybridized carbons (Fsp3) is 0. The summed E-state index contributed by atoms with van der Waals surface area (Å²) < 4.78 is 8.65. The van der Waals surface area contributed by atoms with Crippen molar-refractivity contribution < 1.29 is 4.42 Å². The summed E-state index contributed by atoms with van der Waals surface area (Å²) >= 11 is 0. The number of rotatable bonds is 2. The molecule has 0 atom stereocenters. The van der Waals surface area contributed by atoms with E-state index in [1.165, 1.54) is 32.3 Å². The second-order valence-corrected chi connectivity index (χ2v) is 11.5. The predicted octanol–water partition coefficient (Wildman–Crippen LogP) is 10.6. The number of aromatic nitrogens is 3. The van der Waals surface area contributed by atoms with Gasteiger partial charge in [0.2, 0.25) is 5.95 Å². The first-order valence-electron chi connectivity index (χ1n) is 14.8. The first-order valence-corrected chi connectivity index (χ1v) is 14.8. The van der Waals surface area contributed by atoms with E-state index in [0.717, 1.165) is 55.1 Å². The molecule has 0 spiro atoms. The van der Waals surface area contributed by atoms with Gasteiger partial charge in [0.05, 0.1) is 22.2 Å². The number of hydrogen-bond acceptors (Lipinski definition) is 3. The van der Waals surface area contributed by atoms with E-state index in [9.17, 15) is 0 Å². The highest BCUT2D eigenvalue weighted by atomic mass is 16.3. The lowest BCUT2D eigenvalue weighted by Crippen LogP contribution is -2.03. The zero-order valence-electron chi connectivity index (χ0n) is 23.5. The molecule has 0 N–H and O–H groups in total. The number of fused-ring (bicyclic) bond motifs is 9. The summed E-state index contributed by atoms with van der Waals surface area (Å²) in [6, 6.07) is 49.0. The summed E-state index contributed by atoms with van der Waals surface area (Å²) in [5.41, 5.74) is 6.68. The van der Waals surface area contributed by atoms with Crippen LogP contribution in [0.3, 0.4) is 0 Å². The monoisotopic (exact) mass is 561 g/mol. The van der Waals surface area contributed by atoms with Crippen molar-refractivity contribution in [2.24, 2.45) is 0 Å². The number of para-hydroxylation sites is 2. The summed E-state index contributed by atoms with van der Waals surface area (Å²) in [7, 11) is 0. The van der Waals surface area contributed by atoms with Crippen LogP contribution in [-0.2, 0) is 0 Å². The Morgan fingerprint density at radius 2 is 1.07 bits per heavy atom. The Morgan fingerprint density at radius 3 is 1.89 bits per heavy atom. The van der Waals surface area contributed by atoms with Crippen molar-refractivity contribution >= 4 is 76.2 Å². The molecule has 0 saturated carbocycles. The molecule has 0 saturated heterocycles. The van der Waals surface area contributed by atoms with E-state index in [1.54, 1.807) is 0 Å². The van der Waals surface area contributed by atoms with Gasteiger partial charge in [0.15, 0.2) is 0 Å². The van der Waals surface area contributed by atoms with Gasteiger partial charge in [-0.15, -0.1) is 0 Å². The van der Waals surface area contributed by atoms with Gasteiger partial charge in [-0.05, 0) is 70.1 Å². The molecule has 10 rings (SSSR count). The fourth-order valence-electron chi connectivity index (χ4n) is 6.86. The first kappa shape index (κ1) is 23.6. The Morgan fingerprint density at radius 1 is 0.432 bits per heavy atom. The van der Waals surface area contributed by atoms with Gasteiger partial charge in [-0.3, -0.25) is 4.57 Å². The molecule has 10 aromatic rings. The van der Waals surface area contributed by atoms with Crippen molar-refractivity contribution in [2.75, 3.05) is 0 Å². The quantitative estimate of drug-likeness (QED) is 0.211. The SMILES string of the molecule is c1ccc2cc3c(cc2c1)oc1cc(-c2nc(-n4c5ccccc5c5cc6ccccc6cc54)nc4ccccc24)ccc13. The van der Waals surface area contributed by atoms with Gasteiger partial charge in [-0.1, -0.05) is 91.0 Å². The van der Waals surface area contributed by atoms with E-state index < -0.39 is 0 Å². The van der Waals surface area contributed by atoms with Gasteiger partial charge in [0.1, 0.15) is 11.2 Å². The molecule has 3 heterocycles. The van der Waals surface area contributed by atoms with Crippen LogP contribution in [0, 0.1) is 0 Å². The van der Waals surface area contributed by atoms with Gasteiger partial charge >= 0.3 is 0 Å². The Balaban J connectivity index is 1.25. The number of nitrogens with zero attached hydrogens (tertiary/aromatic N) is 3. The van der Waals surface area contributed by atoms with Crippen molar-refractivity contribution in [3.63, 3.8) is 0 Å². The molecule has 3 aromatic heterocycles. The Kier molecular flexibility index (Phi) is 4.69. The van der Waals surface area contributed by atoms with Gasteiger partial charge in [-0.25, -0.2) is 9.97 Å². The smallest absolute Gasteiger partial charge is 0.235 e. The van der Waals surface area contributed by atoms with E-state index in [-0.39, 0.29) is 0 Å². The molecule has 0 aliphatic carbocycles. The number of hydrogen-bond donors (Lipinski definition) is 0. The largest absolute Gasteiger partial charge is 0.456 e. The maximum absolute atomic E-state index is 6.44. The average molecular weight is 562 g/mol. The molecule has 7 aromatic carbocycles. The van der Waals surface area contributed by atoms with Crippen LogP contribution in [0.25, 0.3) is 93.4 Å². The normalized spacial score (nSPS) is 12.1. The maximum atomic E-state index is 6.44. The van der Waals surface area contributed by atoms with Gasteiger partial charge in [-0.2, -0.15) is 0 Å². The minimum Gasteiger partial charge on any atom is -0.456 e. The summed E-state index contributed by atoms with van der Waals surface area (Å²) in [6.45, 7) is 0. The van der Waals surface area contributed by atoms with Crippen LogP contribution >= 0.6 is 0 Å². The lowest BCUT2D eigenvalue weighted by molar-refractivity contribution is 0.669. The van der Waals surface area contributed by atoms with E-state index >= 15 is 0 Å². The molecule has 0 aliphatic heterocycles. The van der Waals surface area contributed by atoms with Crippen LogP contribution in [0.1, 0.15) is 0 Å². The third kappa shape index (κ3) is 3.33. The number of furan rings is 1. The second kappa shape index (κ2) is 8.76. The Labute approximate surface area is 251 Å². The lowest BCUT2D eigenvalue weighted by atomic mass is 10.0. The maximum Gasteiger partial charge on any atom is 0.235 e. The zero-order chi connectivity index (χ0) is 28.8. The molecular weight excluding hydrogens is 538 g/mol. The Bertz CT molecular complexity index is 2790.